The van der Waals surface area contributed by atoms with Crippen LogP contribution in [0.25, 0.3) is 0 Å². The summed E-state index contributed by atoms with van der Waals surface area (Å²) in [5, 5.41) is 3.12. The van der Waals surface area contributed by atoms with Crippen LogP contribution in [0.5, 0.6) is 0 Å². The van der Waals surface area contributed by atoms with E-state index in [1.165, 1.54) is 16.7 Å². The SMILES string of the molecule is Cc1cccc(CNc2nccc(C(=O)N(C)C3CCS(=O)(=O)C3)n2)c1. The van der Waals surface area contributed by atoms with Gasteiger partial charge in [-0.3, -0.25) is 4.79 Å². The molecule has 0 bridgehead atoms. The Balaban J connectivity index is 1.67. The lowest BCUT2D eigenvalue weighted by atomic mass is 10.1. The number of rotatable bonds is 5. The van der Waals surface area contributed by atoms with Crippen molar-refractivity contribution >= 4 is 21.7 Å². The molecule has 1 N–H and O–H groups in total. The van der Waals surface area contributed by atoms with E-state index in [-0.39, 0.29) is 29.1 Å². The molecule has 8 heteroatoms. The second-order valence-corrected chi connectivity index (χ2v) is 8.81. The largest absolute Gasteiger partial charge is 0.350 e. The van der Waals surface area contributed by atoms with E-state index in [1.54, 1.807) is 13.1 Å². The van der Waals surface area contributed by atoms with Crippen LogP contribution < -0.4 is 5.32 Å². The maximum absolute atomic E-state index is 12.6. The smallest absolute Gasteiger partial charge is 0.272 e. The summed E-state index contributed by atoms with van der Waals surface area (Å²) >= 11 is 0. The summed E-state index contributed by atoms with van der Waals surface area (Å²) in [5.41, 5.74) is 2.51. The van der Waals surface area contributed by atoms with Crippen LogP contribution in [0.2, 0.25) is 0 Å². The second kappa shape index (κ2) is 7.41. The number of anilines is 1. The average Bonchev–Trinajstić information content (AvgIpc) is 2.99. The molecule has 1 aromatic heterocycles. The zero-order valence-corrected chi connectivity index (χ0v) is 15.7. The Hall–Kier alpha value is -2.48. The molecule has 1 atom stereocenters. The molecule has 0 saturated carbocycles. The molecule has 0 aliphatic carbocycles. The molecule has 1 saturated heterocycles. The van der Waals surface area contributed by atoms with Crippen LogP contribution in [0.3, 0.4) is 0 Å². The van der Waals surface area contributed by atoms with Gasteiger partial charge in [0, 0.05) is 25.8 Å². The molecule has 1 aromatic carbocycles. The standard InChI is InChI=1S/C18H22N4O3S/c1-13-4-3-5-14(10-13)11-20-18-19-8-6-16(21-18)17(23)22(2)15-7-9-26(24,25)12-15/h3-6,8,10,15H,7,9,11-12H2,1-2H3,(H,19,20,21). The number of aromatic nitrogens is 2. The van der Waals surface area contributed by atoms with Gasteiger partial charge in [-0.1, -0.05) is 29.8 Å². The Morgan fingerprint density at radius 1 is 1.35 bits per heavy atom. The van der Waals surface area contributed by atoms with Crippen molar-refractivity contribution < 1.29 is 13.2 Å². The topological polar surface area (TPSA) is 92.3 Å². The van der Waals surface area contributed by atoms with Crippen LogP contribution >= 0.6 is 0 Å². The Labute approximate surface area is 153 Å². The Bertz CT molecular complexity index is 914. The number of amides is 1. The van der Waals surface area contributed by atoms with Crippen LogP contribution in [-0.4, -0.2) is 53.8 Å². The maximum atomic E-state index is 12.6. The molecule has 7 nitrogen and oxygen atoms in total. The van der Waals surface area contributed by atoms with Crippen LogP contribution in [0.4, 0.5) is 5.95 Å². The lowest BCUT2D eigenvalue weighted by molar-refractivity contribution is 0.0741. The summed E-state index contributed by atoms with van der Waals surface area (Å²) in [5.74, 6) is 0.208. The first kappa shape index (κ1) is 18.3. The lowest BCUT2D eigenvalue weighted by Crippen LogP contribution is -2.38. The van der Waals surface area contributed by atoms with E-state index in [4.69, 9.17) is 0 Å². The predicted octanol–water partition coefficient (Wildman–Crippen LogP) is 1.66. The zero-order valence-electron chi connectivity index (χ0n) is 14.8. The van der Waals surface area contributed by atoms with Crippen molar-refractivity contribution in [3.8, 4) is 0 Å². The lowest BCUT2D eigenvalue weighted by Gasteiger charge is -2.23. The third-order valence-electron chi connectivity index (χ3n) is 4.48. The van der Waals surface area contributed by atoms with Gasteiger partial charge in [-0.15, -0.1) is 0 Å². The fourth-order valence-electron chi connectivity index (χ4n) is 2.99. The van der Waals surface area contributed by atoms with Crippen molar-refractivity contribution in [2.45, 2.75) is 25.9 Å². The highest BCUT2D eigenvalue weighted by molar-refractivity contribution is 7.91. The van der Waals surface area contributed by atoms with Gasteiger partial charge in [0.2, 0.25) is 5.95 Å². The van der Waals surface area contributed by atoms with Crippen molar-refractivity contribution in [2.24, 2.45) is 0 Å². The summed E-state index contributed by atoms with van der Waals surface area (Å²) < 4.78 is 23.3. The third kappa shape index (κ3) is 4.37. The molecule has 26 heavy (non-hydrogen) atoms. The average molecular weight is 374 g/mol. The molecule has 138 valence electrons. The number of carbonyl (C=O) groups excluding carboxylic acids is 1. The van der Waals surface area contributed by atoms with Crippen molar-refractivity contribution in [1.82, 2.24) is 14.9 Å². The molecule has 1 amide bonds. The number of hydrogen-bond acceptors (Lipinski definition) is 6. The summed E-state index contributed by atoms with van der Waals surface area (Å²) in [6, 6.07) is 9.32. The minimum Gasteiger partial charge on any atom is -0.350 e. The van der Waals surface area contributed by atoms with E-state index < -0.39 is 9.84 Å². The van der Waals surface area contributed by atoms with Gasteiger partial charge in [0.25, 0.3) is 5.91 Å². The molecule has 2 aromatic rings. The van der Waals surface area contributed by atoms with Crippen LogP contribution in [0, 0.1) is 6.92 Å². The maximum Gasteiger partial charge on any atom is 0.272 e. The highest BCUT2D eigenvalue weighted by Crippen LogP contribution is 2.18. The fourth-order valence-corrected chi connectivity index (χ4v) is 4.77. The van der Waals surface area contributed by atoms with Gasteiger partial charge >= 0.3 is 0 Å². The molecule has 0 spiro atoms. The summed E-state index contributed by atoms with van der Waals surface area (Å²) in [6.45, 7) is 2.58. The van der Waals surface area contributed by atoms with E-state index in [0.29, 0.717) is 18.9 Å². The first-order valence-electron chi connectivity index (χ1n) is 8.44. The van der Waals surface area contributed by atoms with Crippen molar-refractivity contribution in [1.29, 1.82) is 0 Å². The molecule has 1 fully saturated rings. The molecule has 1 unspecified atom stereocenters. The number of aryl methyl sites for hydroxylation is 1. The van der Waals surface area contributed by atoms with E-state index in [9.17, 15) is 13.2 Å². The predicted molar refractivity (Wildman–Crippen MR) is 99.7 cm³/mol. The second-order valence-electron chi connectivity index (χ2n) is 6.58. The molecule has 1 aliphatic heterocycles. The van der Waals surface area contributed by atoms with Crippen molar-refractivity contribution in [2.75, 3.05) is 23.9 Å². The van der Waals surface area contributed by atoms with Gasteiger partial charge < -0.3 is 10.2 Å². The first-order chi connectivity index (χ1) is 12.3. The normalized spacial score (nSPS) is 18.5. The summed E-state index contributed by atoms with van der Waals surface area (Å²) in [4.78, 5) is 22.5. The number of hydrogen-bond donors (Lipinski definition) is 1. The first-order valence-corrected chi connectivity index (χ1v) is 10.3. The Morgan fingerprint density at radius 2 is 2.15 bits per heavy atom. The van der Waals surface area contributed by atoms with Crippen LogP contribution in [0.1, 0.15) is 28.0 Å². The Kier molecular flexibility index (Phi) is 5.22. The van der Waals surface area contributed by atoms with Crippen molar-refractivity contribution in [3.05, 3.63) is 53.3 Å². The van der Waals surface area contributed by atoms with Gasteiger partial charge in [-0.25, -0.2) is 18.4 Å². The minimum atomic E-state index is -3.05. The number of nitrogens with one attached hydrogen (secondary N) is 1. The molecule has 1 aliphatic rings. The van der Waals surface area contributed by atoms with Gasteiger partial charge in [-0.2, -0.15) is 0 Å². The van der Waals surface area contributed by atoms with E-state index in [0.717, 1.165) is 5.56 Å². The van der Waals surface area contributed by atoms with Gasteiger partial charge in [0.05, 0.1) is 11.5 Å². The quantitative estimate of drug-likeness (QED) is 0.856. The molecule has 3 rings (SSSR count). The summed E-state index contributed by atoms with van der Waals surface area (Å²) in [6.07, 6.45) is 1.99. The highest BCUT2D eigenvalue weighted by Gasteiger charge is 2.33. The number of carbonyl (C=O) groups is 1. The third-order valence-corrected chi connectivity index (χ3v) is 6.23. The highest BCUT2D eigenvalue weighted by atomic mass is 32.2. The molecule has 0 radical (unpaired) electrons. The van der Waals surface area contributed by atoms with E-state index >= 15 is 0 Å². The fraction of sp³-hybridized carbons (Fsp3) is 0.389. The van der Waals surface area contributed by atoms with Gasteiger partial charge in [-0.05, 0) is 25.0 Å². The summed E-state index contributed by atoms with van der Waals surface area (Å²) in [7, 11) is -1.43. The molecular weight excluding hydrogens is 352 g/mol. The van der Waals surface area contributed by atoms with E-state index in [2.05, 4.69) is 21.4 Å². The number of sulfone groups is 1. The molecular formula is C18H22N4O3S. The zero-order chi connectivity index (χ0) is 18.7. The van der Waals surface area contributed by atoms with Crippen LogP contribution in [0.15, 0.2) is 36.5 Å². The monoisotopic (exact) mass is 374 g/mol. The number of benzene rings is 1. The van der Waals surface area contributed by atoms with Crippen molar-refractivity contribution in [3.63, 3.8) is 0 Å². The Morgan fingerprint density at radius 3 is 2.85 bits per heavy atom. The number of nitrogens with zero attached hydrogens (tertiary/aromatic N) is 3. The van der Waals surface area contributed by atoms with Crippen LogP contribution in [-0.2, 0) is 16.4 Å². The minimum absolute atomic E-state index is 0.0127. The molecule has 2 heterocycles. The van der Waals surface area contributed by atoms with E-state index in [1.807, 2.05) is 25.1 Å². The van der Waals surface area contributed by atoms with Gasteiger partial charge in [0.1, 0.15) is 5.69 Å². The van der Waals surface area contributed by atoms with Gasteiger partial charge in [0.15, 0.2) is 9.84 Å².